The molecule has 1 atom stereocenters. The van der Waals surface area contributed by atoms with E-state index in [0.717, 1.165) is 35.9 Å². The van der Waals surface area contributed by atoms with Crippen LogP contribution in [0.4, 0.5) is 0 Å². The minimum atomic E-state index is -0.463. The summed E-state index contributed by atoms with van der Waals surface area (Å²) in [6.07, 6.45) is 0. The predicted octanol–water partition coefficient (Wildman–Crippen LogP) is 10.1. The molecule has 0 bridgehead atoms. The first-order chi connectivity index (χ1) is 20.9. The van der Waals surface area contributed by atoms with E-state index >= 15 is 0 Å². The molecule has 3 N–H and O–H groups in total. The number of hydrogen-bond acceptors (Lipinski definition) is 9. The molecule has 1 unspecified atom stereocenters. The fourth-order valence-corrected chi connectivity index (χ4v) is 9.18. The molecule has 0 aliphatic heterocycles. The van der Waals surface area contributed by atoms with Gasteiger partial charge in [-0.15, -0.1) is 0 Å². The number of hydrogen-bond donors (Lipinski definition) is 3. The van der Waals surface area contributed by atoms with E-state index < -0.39 is 4.32 Å². The van der Waals surface area contributed by atoms with Crippen LogP contribution in [-0.4, -0.2) is 78.0 Å². The van der Waals surface area contributed by atoms with Crippen LogP contribution < -0.4 is 16.0 Å². The fraction of sp³-hybridized carbons (Fsp3) is 0.719. The maximum absolute atomic E-state index is 11.7. The van der Waals surface area contributed by atoms with Crippen molar-refractivity contribution in [2.45, 2.75) is 106 Å². The van der Waals surface area contributed by atoms with Gasteiger partial charge in [0.15, 0.2) is 0 Å². The van der Waals surface area contributed by atoms with Crippen LogP contribution in [0.15, 0.2) is 30.3 Å². The van der Waals surface area contributed by atoms with Gasteiger partial charge in [-0.25, -0.2) is 0 Å². The molecule has 0 saturated heterocycles. The molecule has 1 rings (SSSR count). The summed E-state index contributed by atoms with van der Waals surface area (Å²) < 4.78 is 0.379. The highest BCUT2D eigenvalue weighted by Crippen LogP contribution is 2.35. The van der Waals surface area contributed by atoms with Crippen molar-refractivity contribution < 1.29 is 14.4 Å². The van der Waals surface area contributed by atoms with Gasteiger partial charge in [-0.2, -0.15) is 0 Å². The first-order valence-electron chi connectivity index (χ1n) is 15.1. The Morgan fingerprint density at radius 3 is 1.37 bits per heavy atom. The lowest BCUT2D eigenvalue weighted by molar-refractivity contribution is -0.122. The van der Waals surface area contributed by atoms with E-state index in [2.05, 4.69) is 110 Å². The van der Waals surface area contributed by atoms with Crippen LogP contribution in [0.5, 0.6) is 0 Å². The van der Waals surface area contributed by atoms with Gasteiger partial charge in [0.1, 0.15) is 0 Å². The summed E-state index contributed by atoms with van der Waals surface area (Å²) in [5.74, 6) is 2.94. The average molecular weight is 884 g/mol. The highest BCUT2D eigenvalue weighted by Gasteiger charge is 2.22. The van der Waals surface area contributed by atoms with Crippen LogP contribution in [0.1, 0.15) is 93.4 Å². The molecule has 0 aliphatic rings. The molecule has 0 aromatic heterocycles. The Hall–Kier alpha value is 0.690. The summed E-state index contributed by atoms with van der Waals surface area (Å²) in [6, 6.07) is 9.31. The number of carbonyl (C=O) groups is 3. The van der Waals surface area contributed by atoms with E-state index in [1.54, 1.807) is 32.4 Å². The van der Waals surface area contributed by atoms with Gasteiger partial charge < -0.3 is 16.0 Å². The maximum atomic E-state index is 11.7. The van der Waals surface area contributed by atoms with Crippen molar-refractivity contribution in [3.8, 4) is 0 Å². The first-order valence-corrected chi connectivity index (χ1v) is 23.8. The van der Waals surface area contributed by atoms with Crippen molar-refractivity contribution in [1.82, 2.24) is 16.0 Å². The first kappa shape index (κ1) is 48.8. The second kappa shape index (κ2) is 25.6. The molecule has 1 aromatic rings. The number of nitrogens with one attached hydrogen (secondary N) is 3. The molecule has 1 aromatic carbocycles. The summed E-state index contributed by atoms with van der Waals surface area (Å²) in [5.41, 5.74) is 0.723. The fourth-order valence-electron chi connectivity index (χ4n) is 2.33. The number of amides is 3. The lowest BCUT2D eigenvalue weighted by Gasteiger charge is -2.18. The molecule has 0 fully saturated rings. The van der Waals surface area contributed by atoms with E-state index in [9.17, 15) is 14.4 Å². The second-order valence-electron chi connectivity index (χ2n) is 13.3. The SMILES string of the molecule is CC(Br)C(=O)NCCSSC(C)(C)C.CC(C)(C)SSCCNC(=O)C(C)(C)Br.CC(C)(C)SSCCNC(=O)c1ccccc1. The maximum Gasteiger partial charge on any atom is 0.251 e. The number of benzene rings is 1. The molecule has 3 amide bonds. The molecule has 0 saturated carbocycles. The lowest BCUT2D eigenvalue weighted by Crippen LogP contribution is -2.38. The van der Waals surface area contributed by atoms with Crippen molar-refractivity contribution in [1.29, 1.82) is 0 Å². The van der Waals surface area contributed by atoms with Crippen molar-refractivity contribution in [3.05, 3.63) is 35.9 Å². The zero-order valence-electron chi connectivity index (χ0n) is 29.6. The molecule has 0 aliphatic carbocycles. The normalized spacial score (nSPS) is 12.5. The Morgan fingerprint density at radius 1 is 0.652 bits per heavy atom. The van der Waals surface area contributed by atoms with Crippen molar-refractivity contribution in [2.24, 2.45) is 0 Å². The largest absolute Gasteiger partial charge is 0.354 e. The molecule has 14 heteroatoms. The van der Waals surface area contributed by atoms with Gasteiger partial charge in [-0.3, -0.25) is 14.4 Å². The molecule has 0 spiro atoms. The Labute approximate surface area is 321 Å². The highest BCUT2D eigenvalue weighted by atomic mass is 79.9. The van der Waals surface area contributed by atoms with Crippen LogP contribution in [0.2, 0.25) is 0 Å². The van der Waals surface area contributed by atoms with E-state index in [1.165, 1.54) is 0 Å². The third-order valence-electron chi connectivity index (χ3n) is 4.29. The summed E-state index contributed by atoms with van der Waals surface area (Å²) in [4.78, 5) is 34.2. The number of alkyl halides is 2. The van der Waals surface area contributed by atoms with E-state index in [-0.39, 0.29) is 36.8 Å². The topological polar surface area (TPSA) is 87.3 Å². The third kappa shape index (κ3) is 34.5. The van der Waals surface area contributed by atoms with Gasteiger partial charge in [0, 0.05) is 56.7 Å². The van der Waals surface area contributed by atoms with Gasteiger partial charge >= 0.3 is 0 Å². The van der Waals surface area contributed by atoms with Crippen LogP contribution in [-0.2, 0) is 9.59 Å². The summed E-state index contributed by atoms with van der Waals surface area (Å²) in [6.45, 7) is 27.4. The Bertz CT molecular complexity index is 979. The van der Waals surface area contributed by atoms with Crippen molar-refractivity contribution >= 4 is 114 Å². The van der Waals surface area contributed by atoms with E-state index in [1.807, 2.05) is 83.5 Å². The Kier molecular flexibility index (Phi) is 27.2. The van der Waals surface area contributed by atoms with Crippen LogP contribution in [0, 0.1) is 0 Å². The minimum absolute atomic E-state index is 0.00644. The van der Waals surface area contributed by atoms with Gasteiger partial charge in [0.2, 0.25) is 11.8 Å². The Balaban J connectivity index is 0. The van der Waals surface area contributed by atoms with E-state index in [4.69, 9.17) is 0 Å². The standard InChI is InChI=1S/C13H19NOS2.C10H20BrNOS2.C9H18BrNOS2/c1-13(2,3)17-16-10-9-14-12(15)11-7-5-4-6-8-11;1-9(2,3)15-14-7-6-12-8(13)10(4,5)11;1-7(10)8(12)11-5-6-13-14-9(2,3)4/h4-8H,9-10H2,1-3H3,(H,14,15);6-7H2,1-5H3,(H,12,13);7H,5-6H2,1-4H3,(H,11,12). The second-order valence-corrected chi connectivity index (χ2v) is 26.4. The van der Waals surface area contributed by atoms with Crippen molar-refractivity contribution in [2.75, 3.05) is 36.9 Å². The quantitative estimate of drug-likeness (QED) is 0.0906. The van der Waals surface area contributed by atoms with Crippen LogP contribution in [0.25, 0.3) is 0 Å². The zero-order chi connectivity index (χ0) is 36.0. The molecule has 0 radical (unpaired) electrons. The molecule has 0 heterocycles. The molecular formula is C32H57Br2N3O3S6. The summed E-state index contributed by atoms with van der Waals surface area (Å²) in [5, 5.41) is 8.65. The van der Waals surface area contributed by atoms with Gasteiger partial charge in [-0.05, 0) is 32.9 Å². The van der Waals surface area contributed by atoms with Crippen LogP contribution in [0.3, 0.4) is 0 Å². The molecule has 268 valence electrons. The van der Waals surface area contributed by atoms with Gasteiger partial charge in [0.05, 0.1) is 9.15 Å². The van der Waals surface area contributed by atoms with Crippen molar-refractivity contribution in [3.63, 3.8) is 0 Å². The predicted molar refractivity (Wildman–Crippen MR) is 226 cm³/mol. The highest BCUT2D eigenvalue weighted by molar-refractivity contribution is 9.10. The van der Waals surface area contributed by atoms with Crippen LogP contribution >= 0.6 is 96.6 Å². The average Bonchev–Trinajstić information content (AvgIpc) is 2.91. The van der Waals surface area contributed by atoms with Gasteiger partial charge in [-0.1, -0.05) is 177 Å². The summed E-state index contributed by atoms with van der Waals surface area (Å²) >= 11 is 6.54. The van der Waals surface area contributed by atoms with Gasteiger partial charge in [0.25, 0.3) is 5.91 Å². The molecule has 46 heavy (non-hydrogen) atoms. The van der Waals surface area contributed by atoms with E-state index in [0.29, 0.717) is 6.54 Å². The zero-order valence-corrected chi connectivity index (χ0v) is 37.7. The smallest absolute Gasteiger partial charge is 0.251 e. The number of halogens is 2. The lowest BCUT2D eigenvalue weighted by atomic mass is 10.2. The minimum Gasteiger partial charge on any atom is -0.354 e. The molecule has 6 nitrogen and oxygen atoms in total. The monoisotopic (exact) mass is 881 g/mol. The molecular weight excluding hydrogens is 827 g/mol. The number of carbonyl (C=O) groups excluding carboxylic acids is 3. The summed E-state index contributed by atoms with van der Waals surface area (Å²) in [7, 11) is 10.9. The Morgan fingerprint density at radius 2 is 1.02 bits per heavy atom. The number of rotatable bonds is 15. The third-order valence-corrected chi connectivity index (χ3v) is 15.1.